The molecule has 1 aromatic carbocycles. The van der Waals surface area contributed by atoms with Crippen molar-refractivity contribution in [3.05, 3.63) is 53.6 Å². The molecule has 3 nitrogen and oxygen atoms in total. The number of fused-ring (bicyclic) bond motifs is 1. The summed E-state index contributed by atoms with van der Waals surface area (Å²) < 4.78 is 2.30. The maximum atomic E-state index is 6.24. The van der Waals surface area contributed by atoms with Gasteiger partial charge >= 0.3 is 0 Å². The fourth-order valence-electron chi connectivity index (χ4n) is 3.10. The average Bonchev–Trinajstić information content (AvgIpc) is 2.84. The van der Waals surface area contributed by atoms with Crippen LogP contribution in [-0.2, 0) is 12.8 Å². The molecule has 2 aromatic rings. The average molecular weight is 255 g/mol. The van der Waals surface area contributed by atoms with Crippen LogP contribution in [0.1, 0.15) is 42.8 Å². The van der Waals surface area contributed by atoms with E-state index in [4.69, 9.17) is 5.73 Å². The highest BCUT2D eigenvalue weighted by Crippen LogP contribution is 2.28. The maximum Gasteiger partial charge on any atom is 0.0957 e. The lowest BCUT2D eigenvalue weighted by Gasteiger charge is -2.26. The Morgan fingerprint density at radius 3 is 2.63 bits per heavy atom. The van der Waals surface area contributed by atoms with Crippen LogP contribution < -0.4 is 5.73 Å². The quantitative estimate of drug-likeness (QED) is 0.916. The number of hydrogen-bond acceptors (Lipinski definition) is 2. The second kappa shape index (κ2) is 5.17. The summed E-state index contributed by atoms with van der Waals surface area (Å²) in [5.74, 6) is 0. The summed E-state index contributed by atoms with van der Waals surface area (Å²) in [6.45, 7) is 2.08. The zero-order valence-corrected chi connectivity index (χ0v) is 11.4. The Bertz CT molecular complexity index is 542. The predicted molar refractivity (Wildman–Crippen MR) is 77.1 cm³/mol. The van der Waals surface area contributed by atoms with E-state index in [1.165, 1.54) is 29.8 Å². The number of hydrogen-bond donors (Lipinski definition) is 1. The van der Waals surface area contributed by atoms with E-state index in [2.05, 4.69) is 40.7 Å². The molecule has 0 saturated heterocycles. The van der Waals surface area contributed by atoms with Crippen molar-refractivity contribution in [3.8, 4) is 0 Å². The topological polar surface area (TPSA) is 43.8 Å². The number of benzene rings is 1. The highest BCUT2D eigenvalue weighted by atomic mass is 15.1. The van der Waals surface area contributed by atoms with E-state index in [1.807, 2.05) is 12.4 Å². The summed E-state index contributed by atoms with van der Waals surface area (Å²) in [6, 6.07) is 10.8. The molecule has 0 radical (unpaired) electrons. The predicted octanol–water partition coefficient (Wildman–Crippen LogP) is 2.70. The van der Waals surface area contributed by atoms with Crippen molar-refractivity contribution in [2.75, 3.05) is 0 Å². The van der Waals surface area contributed by atoms with E-state index < -0.39 is 0 Å². The molecule has 2 N–H and O–H groups in total. The number of rotatable bonds is 3. The van der Waals surface area contributed by atoms with Crippen LogP contribution >= 0.6 is 0 Å². The van der Waals surface area contributed by atoms with E-state index in [0.717, 1.165) is 12.8 Å². The fourth-order valence-corrected chi connectivity index (χ4v) is 3.10. The van der Waals surface area contributed by atoms with Gasteiger partial charge in [-0.25, -0.2) is 4.98 Å². The van der Waals surface area contributed by atoms with Crippen LogP contribution in [0.15, 0.2) is 36.7 Å². The van der Waals surface area contributed by atoms with E-state index in [0.29, 0.717) is 0 Å². The summed E-state index contributed by atoms with van der Waals surface area (Å²) in [4.78, 5) is 4.59. The summed E-state index contributed by atoms with van der Waals surface area (Å²) in [5, 5.41) is 0. The van der Waals surface area contributed by atoms with E-state index in [9.17, 15) is 0 Å². The van der Waals surface area contributed by atoms with Crippen LogP contribution in [0.4, 0.5) is 0 Å². The van der Waals surface area contributed by atoms with Crippen molar-refractivity contribution < 1.29 is 0 Å². The number of nitrogens with zero attached hydrogens (tertiary/aromatic N) is 2. The smallest absolute Gasteiger partial charge is 0.0957 e. The van der Waals surface area contributed by atoms with Crippen molar-refractivity contribution >= 4 is 0 Å². The molecule has 0 amide bonds. The van der Waals surface area contributed by atoms with Crippen LogP contribution in [-0.4, -0.2) is 15.6 Å². The van der Waals surface area contributed by atoms with Gasteiger partial charge in [0.15, 0.2) is 0 Å². The number of aromatic nitrogens is 2. The minimum Gasteiger partial charge on any atom is -0.326 e. The molecule has 0 spiro atoms. The van der Waals surface area contributed by atoms with Gasteiger partial charge in [-0.15, -0.1) is 0 Å². The molecule has 2 atom stereocenters. The Kier molecular flexibility index (Phi) is 3.38. The molecule has 0 fully saturated rings. The first-order valence-electron chi connectivity index (χ1n) is 7.12. The first-order valence-corrected chi connectivity index (χ1v) is 7.12. The van der Waals surface area contributed by atoms with Crippen LogP contribution in [0.3, 0.4) is 0 Å². The molecule has 1 aromatic heterocycles. The van der Waals surface area contributed by atoms with Gasteiger partial charge in [0.05, 0.1) is 18.1 Å². The minimum absolute atomic E-state index is 0.0719. The molecular formula is C16H21N3. The van der Waals surface area contributed by atoms with Gasteiger partial charge < -0.3 is 10.3 Å². The summed E-state index contributed by atoms with van der Waals surface area (Å²) >= 11 is 0. The highest BCUT2D eigenvalue weighted by Gasteiger charge is 2.24. The number of imidazole rings is 1. The normalized spacial score (nSPS) is 17.8. The van der Waals surface area contributed by atoms with Crippen molar-refractivity contribution in [1.29, 1.82) is 0 Å². The molecule has 1 heterocycles. The number of nitrogens with two attached hydrogens (primary N) is 1. The zero-order valence-electron chi connectivity index (χ0n) is 11.4. The second-order valence-electron chi connectivity index (χ2n) is 5.47. The molecule has 1 aliphatic carbocycles. The molecule has 0 bridgehead atoms. The Morgan fingerprint density at radius 2 is 1.89 bits per heavy atom. The minimum atomic E-state index is 0.0719. The lowest BCUT2D eigenvalue weighted by molar-refractivity contribution is 0.473. The van der Waals surface area contributed by atoms with Crippen LogP contribution in [0.5, 0.6) is 0 Å². The van der Waals surface area contributed by atoms with Crippen LogP contribution in [0.2, 0.25) is 0 Å². The molecule has 3 heteroatoms. The van der Waals surface area contributed by atoms with Crippen molar-refractivity contribution in [2.45, 2.75) is 44.7 Å². The van der Waals surface area contributed by atoms with Gasteiger partial charge in [0.2, 0.25) is 0 Å². The molecule has 0 aliphatic heterocycles. The zero-order chi connectivity index (χ0) is 13.2. The van der Waals surface area contributed by atoms with Gasteiger partial charge in [-0.05, 0) is 38.2 Å². The Hall–Kier alpha value is -1.61. The summed E-state index contributed by atoms with van der Waals surface area (Å²) in [7, 11) is 0. The van der Waals surface area contributed by atoms with Gasteiger partial charge in [-0.3, -0.25) is 0 Å². The van der Waals surface area contributed by atoms with Gasteiger partial charge in [0.1, 0.15) is 0 Å². The van der Waals surface area contributed by atoms with Crippen molar-refractivity contribution in [3.63, 3.8) is 0 Å². The molecular weight excluding hydrogens is 234 g/mol. The first-order chi connectivity index (χ1) is 9.27. The standard InChI is InChI=1S/C16H21N3/c1-12(17)16(13-7-3-2-4-8-13)19-11-18-14-9-5-6-10-15(14)19/h2-4,7-8,11-12,16H,5-6,9-10,17H2,1H3. The lowest BCUT2D eigenvalue weighted by atomic mass is 9.97. The first kappa shape index (κ1) is 12.4. The van der Waals surface area contributed by atoms with Crippen molar-refractivity contribution in [1.82, 2.24) is 9.55 Å². The SMILES string of the molecule is CC(N)C(c1ccccc1)n1cnc2c1CCCC2. The Morgan fingerprint density at radius 1 is 1.16 bits per heavy atom. The third-order valence-electron chi connectivity index (χ3n) is 4.00. The van der Waals surface area contributed by atoms with Crippen LogP contribution in [0.25, 0.3) is 0 Å². The van der Waals surface area contributed by atoms with Gasteiger partial charge in [0.25, 0.3) is 0 Å². The third-order valence-corrected chi connectivity index (χ3v) is 4.00. The van der Waals surface area contributed by atoms with Gasteiger partial charge in [-0.2, -0.15) is 0 Å². The summed E-state index contributed by atoms with van der Waals surface area (Å²) in [5.41, 5.74) is 10.2. The molecule has 2 unspecified atom stereocenters. The monoisotopic (exact) mass is 255 g/mol. The van der Waals surface area contributed by atoms with Crippen LogP contribution in [0, 0.1) is 0 Å². The van der Waals surface area contributed by atoms with E-state index >= 15 is 0 Å². The Labute approximate surface area is 114 Å². The molecule has 0 saturated carbocycles. The molecule has 100 valence electrons. The highest BCUT2D eigenvalue weighted by molar-refractivity contribution is 5.26. The fraction of sp³-hybridized carbons (Fsp3) is 0.438. The van der Waals surface area contributed by atoms with Gasteiger partial charge in [-0.1, -0.05) is 30.3 Å². The number of aryl methyl sites for hydroxylation is 1. The third kappa shape index (κ3) is 2.30. The van der Waals surface area contributed by atoms with E-state index in [-0.39, 0.29) is 12.1 Å². The Balaban J connectivity index is 2.04. The molecule has 3 rings (SSSR count). The maximum absolute atomic E-state index is 6.24. The summed E-state index contributed by atoms with van der Waals surface area (Å²) in [6.07, 6.45) is 6.75. The molecule has 19 heavy (non-hydrogen) atoms. The van der Waals surface area contributed by atoms with Crippen molar-refractivity contribution in [2.24, 2.45) is 5.73 Å². The molecule has 1 aliphatic rings. The van der Waals surface area contributed by atoms with E-state index in [1.54, 1.807) is 0 Å². The largest absolute Gasteiger partial charge is 0.326 e. The van der Waals surface area contributed by atoms with Gasteiger partial charge in [0, 0.05) is 11.7 Å². The second-order valence-corrected chi connectivity index (χ2v) is 5.47. The lowest BCUT2D eigenvalue weighted by Crippen LogP contribution is -2.31.